The molecule has 344 valence electrons. The summed E-state index contributed by atoms with van der Waals surface area (Å²) < 4.78 is 0. The first-order valence-electron chi connectivity index (χ1n) is 24.0. The normalized spacial score (nSPS) is 10.1. The Balaban J connectivity index is -0.000000147. The zero-order valence-electron chi connectivity index (χ0n) is 38.1. The average molecular weight is 878 g/mol. The van der Waals surface area contributed by atoms with E-state index in [4.69, 9.17) is 10.2 Å². The lowest BCUT2D eigenvalue weighted by molar-refractivity contribution is -0.138. The van der Waals surface area contributed by atoms with Gasteiger partial charge < -0.3 is 10.2 Å². The minimum absolute atomic E-state index is 0. The van der Waals surface area contributed by atoms with E-state index in [9.17, 15) is 9.59 Å². The Morgan fingerprint density at radius 2 is 0.429 bits per heavy atom. The lowest BCUT2D eigenvalue weighted by atomic mass is 10.1. The van der Waals surface area contributed by atoms with E-state index in [-0.39, 0.29) is 24.8 Å². The SMILES string of the molecule is CCCCCCCCCCCC(=O)O.CCCCCCCCCCCC(=O)O.CCCCCCCCCCCCS.CCCCCCCCCCCCS.Cl.Cl. The Morgan fingerprint density at radius 3 is 0.571 bits per heavy atom. The molecule has 0 radical (unpaired) electrons. The fourth-order valence-corrected chi connectivity index (χ4v) is 6.82. The lowest BCUT2D eigenvalue weighted by Gasteiger charge is -2.00. The third-order valence-corrected chi connectivity index (χ3v) is 10.6. The number of hydrogen-bond donors (Lipinski definition) is 4. The van der Waals surface area contributed by atoms with Crippen molar-refractivity contribution in [3.8, 4) is 0 Å². The Hall–Kier alpha value is 0.220. The summed E-state index contributed by atoms with van der Waals surface area (Å²) in [6.45, 7) is 9.01. The molecule has 0 spiro atoms. The summed E-state index contributed by atoms with van der Waals surface area (Å²) in [5, 5.41) is 16.8. The van der Waals surface area contributed by atoms with E-state index >= 15 is 0 Å². The van der Waals surface area contributed by atoms with Crippen LogP contribution >= 0.6 is 50.1 Å². The fraction of sp³-hybridized carbons (Fsp3) is 0.958. The van der Waals surface area contributed by atoms with Crippen LogP contribution in [0.15, 0.2) is 0 Å². The van der Waals surface area contributed by atoms with E-state index in [0.717, 1.165) is 37.2 Å². The fourth-order valence-electron chi connectivity index (χ4n) is 6.37. The van der Waals surface area contributed by atoms with Crippen molar-refractivity contribution in [1.29, 1.82) is 0 Å². The highest BCUT2D eigenvalue weighted by molar-refractivity contribution is 7.80. The van der Waals surface area contributed by atoms with Crippen LogP contribution in [-0.2, 0) is 9.59 Å². The minimum Gasteiger partial charge on any atom is -0.481 e. The van der Waals surface area contributed by atoms with Gasteiger partial charge in [0.1, 0.15) is 0 Å². The molecule has 0 aliphatic heterocycles. The van der Waals surface area contributed by atoms with Gasteiger partial charge in [-0.15, -0.1) is 24.8 Å². The van der Waals surface area contributed by atoms with E-state index in [1.165, 1.54) is 218 Å². The summed E-state index contributed by atoms with van der Waals surface area (Å²) in [5.74, 6) is 0.813. The van der Waals surface area contributed by atoms with Crippen LogP contribution < -0.4 is 0 Å². The van der Waals surface area contributed by atoms with Gasteiger partial charge in [-0.2, -0.15) is 25.3 Å². The topological polar surface area (TPSA) is 74.6 Å². The quantitative estimate of drug-likeness (QED) is 0.0365. The predicted molar refractivity (Wildman–Crippen MR) is 265 cm³/mol. The number of thiol groups is 2. The number of hydrogen-bond acceptors (Lipinski definition) is 4. The molecule has 0 aromatic heterocycles. The lowest BCUT2D eigenvalue weighted by Crippen LogP contribution is -1.93. The number of unbranched alkanes of at least 4 members (excludes halogenated alkanes) is 34. The van der Waals surface area contributed by atoms with E-state index in [1.54, 1.807) is 0 Å². The molecule has 0 amide bonds. The second-order valence-corrected chi connectivity index (χ2v) is 16.6. The summed E-state index contributed by atoms with van der Waals surface area (Å²) in [4.78, 5) is 20.4. The molecular formula is C48H102Cl2O4S2. The number of rotatable bonds is 40. The third kappa shape index (κ3) is 86.2. The van der Waals surface area contributed by atoms with Crippen molar-refractivity contribution >= 4 is 62.0 Å². The predicted octanol–water partition coefficient (Wildman–Crippen LogP) is 18.5. The average Bonchev–Trinajstić information content (AvgIpc) is 3.16. The van der Waals surface area contributed by atoms with Crippen LogP contribution in [0.2, 0.25) is 0 Å². The molecule has 56 heavy (non-hydrogen) atoms. The highest BCUT2D eigenvalue weighted by Gasteiger charge is 1.98. The summed E-state index contributed by atoms with van der Waals surface area (Å²) >= 11 is 8.40. The highest BCUT2D eigenvalue weighted by atomic mass is 35.5. The maximum Gasteiger partial charge on any atom is 0.303 e. The third-order valence-electron chi connectivity index (χ3n) is 10.0. The van der Waals surface area contributed by atoms with Gasteiger partial charge in [-0.05, 0) is 37.2 Å². The number of carboxylic acid groups (broad SMARTS) is 2. The number of carboxylic acids is 2. The minimum atomic E-state index is -0.659. The molecule has 0 saturated heterocycles. The molecule has 0 aromatic carbocycles. The van der Waals surface area contributed by atoms with Crippen LogP contribution in [0.5, 0.6) is 0 Å². The molecule has 0 aliphatic carbocycles. The van der Waals surface area contributed by atoms with Gasteiger partial charge in [0, 0.05) is 12.8 Å². The van der Waals surface area contributed by atoms with Gasteiger partial charge in [0.25, 0.3) is 0 Å². The molecule has 8 heteroatoms. The molecule has 0 aromatic rings. The number of aliphatic carboxylic acids is 2. The van der Waals surface area contributed by atoms with Gasteiger partial charge in [-0.3, -0.25) is 9.59 Å². The first-order valence-corrected chi connectivity index (χ1v) is 25.3. The standard InChI is InChI=1S/2C12H24O2.2C12H26S.2ClH/c2*1-2-3-4-5-6-7-8-9-10-11-12(13)14;2*1-2-3-4-5-6-7-8-9-10-11-12-13;;/h2*2-11H2,1H3,(H,13,14);2*13H,2-12H2,1H3;2*1H. The van der Waals surface area contributed by atoms with Crippen molar-refractivity contribution in [3.05, 3.63) is 0 Å². The van der Waals surface area contributed by atoms with Gasteiger partial charge >= 0.3 is 11.9 Å². The van der Waals surface area contributed by atoms with Crippen LogP contribution in [0, 0.1) is 0 Å². The molecular weight excluding hydrogens is 776 g/mol. The van der Waals surface area contributed by atoms with Gasteiger partial charge in [-0.25, -0.2) is 0 Å². The maximum absolute atomic E-state index is 10.2. The van der Waals surface area contributed by atoms with Gasteiger partial charge in [0.05, 0.1) is 0 Å². The van der Waals surface area contributed by atoms with Crippen molar-refractivity contribution in [2.75, 3.05) is 11.5 Å². The smallest absolute Gasteiger partial charge is 0.303 e. The molecule has 4 nitrogen and oxygen atoms in total. The molecule has 0 fully saturated rings. The van der Waals surface area contributed by atoms with E-state index in [1.807, 2.05) is 0 Å². The van der Waals surface area contributed by atoms with Gasteiger partial charge in [0.2, 0.25) is 0 Å². The molecule has 0 bridgehead atoms. The Labute approximate surface area is 375 Å². The van der Waals surface area contributed by atoms with Crippen molar-refractivity contribution in [2.45, 2.75) is 285 Å². The first-order chi connectivity index (χ1) is 26.4. The van der Waals surface area contributed by atoms with Gasteiger partial charge in [0.15, 0.2) is 0 Å². The summed E-state index contributed by atoms with van der Waals surface area (Å²) in [7, 11) is 0. The van der Waals surface area contributed by atoms with Crippen LogP contribution in [0.25, 0.3) is 0 Å². The maximum atomic E-state index is 10.2. The zero-order valence-corrected chi connectivity index (χ0v) is 41.5. The van der Waals surface area contributed by atoms with E-state index in [0.29, 0.717) is 12.8 Å². The van der Waals surface area contributed by atoms with Crippen molar-refractivity contribution in [1.82, 2.24) is 0 Å². The van der Waals surface area contributed by atoms with Gasteiger partial charge in [-0.1, -0.05) is 246 Å². The second kappa shape index (κ2) is 69.8. The van der Waals surface area contributed by atoms with Crippen molar-refractivity contribution < 1.29 is 19.8 Å². The molecule has 0 atom stereocenters. The Bertz CT molecular complexity index is 585. The van der Waals surface area contributed by atoms with Crippen molar-refractivity contribution in [3.63, 3.8) is 0 Å². The molecule has 0 unspecified atom stereocenters. The van der Waals surface area contributed by atoms with Crippen LogP contribution in [-0.4, -0.2) is 33.7 Å². The molecule has 0 rings (SSSR count). The van der Waals surface area contributed by atoms with E-state index in [2.05, 4.69) is 53.0 Å². The highest BCUT2D eigenvalue weighted by Crippen LogP contribution is 2.13. The second-order valence-electron chi connectivity index (χ2n) is 15.8. The van der Waals surface area contributed by atoms with Crippen LogP contribution in [0.3, 0.4) is 0 Å². The molecule has 0 saturated carbocycles. The largest absolute Gasteiger partial charge is 0.481 e. The molecule has 2 N–H and O–H groups in total. The summed E-state index contributed by atoms with van der Waals surface area (Å²) in [5.41, 5.74) is 0. The molecule has 0 aliphatic rings. The van der Waals surface area contributed by atoms with Crippen LogP contribution in [0.1, 0.15) is 285 Å². The monoisotopic (exact) mass is 877 g/mol. The van der Waals surface area contributed by atoms with Crippen molar-refractivity contribution in [2.24, 2.45) is 0 Å². The first kappa shape index (κ1) is 68.0. The molecule has 0 heterocycles. The van der Waals surface area contributed by atoms with E-state index < -0.39 is 11.9 Å². The zero-order chi connectivity index (χ0) is 40.9. The summed E-state index contributed by atoms with van der Waals surface area (Å²) in [6, 6.07) is 0. The Morgan fingerprint density at radius 1 is 0.286 bits per heavy atom. The number of halogens is 2. The summed E-state index contributed by atoms with van der Waals surface area (Å²) in [6.07, 6.45) is 51.3. The number of carbonyl (C=O) groups is 2. The van der Waals surface area contributed by atoms with Crippen LogP contribution in [0.4, 0.5) is 0 Å². The Kier molecular flexibility index (Phi) is 84.7.